The van der Waals surface area contributed by atoms with Gasteiger partial charge in [0, 0.05) is 16.1 Å². The summed E-state index contributed by atoms with van der Waals surface area (Å²) in [6, 6.07) is 12.1. The van der Waals surface area contributed by atoms with E-state index in [1.807, 2.05) is 12.1 Å². The van der Waals surface area contributed by atoms with Crippen LogP contribution in [0.3, 0.4) is 0 Å². The second kappa shape index (κ2) is 7.45. The van der Waals surface area contributed by atoms with Crippen molar-refractivity contribution in [3.05, 3.63) is 53.1 Å². The fourth-order valence-corrected chi connectivity index (χ4v) is 3.45. The lowest BCUT2D eigenvalue weighted by Gasteiger charge is -2.09. The quantitative estimate of drug-likeness (QED) is 0.533. The highest BCUT2D eigenvalue weighted by Crippen LogP contribution is 2.29. The summed E-state index contributed by atoms with van der Waals surface area (Å²) in [7, 11) is 3.05. The van der Waals surface area contributed by atoms with Crippen molar-refractivity contribution in [1.29, 1.82) is 0 Å². The average Bonchev–Trinajstić information content (AvgIpc) is 3.28. The van der Waals surface area contributed by atoms with E-state index in [9.17, 15) is 4.79 Å². The van der Waals surface area contributed by atoms with Gasteiger partial charge >= 0.3 is 0 Å². The molecular weight excluding hydrogens is 402 g/mol. The number of benzene rings is 2. The third kappa shape index (κ3) is 3.37. The predicted octanol–water partition coefficient (Wildman–Crippen LogP) is 3.78. The van der Waals surface area contributed by atoms with Gasteiger partial charge in [-0.25, -0.2) is 0 Å². The molecule has 10 heteroatoms. The Morgan fingerprint density at radius 2 is 1.82 bits per heavy atom. The van der Waals surface area contributed by atoms with E-state index >= 15 is 0 Å². The number of ether oxygens (including phenoxy) is 2. The minimum Gasteiger partial charge on any atom is -0.493 e. The van der Waals surface area contributed by atoms with Crippen molar-refractivity contribution >= 4 is 38.9 Å². The molecular formula is C18H14ClN5O3S. The zero-order valence-corrected chi connectivity index (χ0v) is 16.4. The Hall–Kier alpha value is -3.17. The molecule has 1 N–H and O–H groups in total. The number of fused-ring (bicyclic) bond motifs is 1. The first-order valence-corrected chi connectivity index (χ1v) is 9.30. The summed E-state index contributed by atoms with van der Waals surface area (Å²) in [6.07, 6.45) is 0. The molecule has 2 aromatic carbocycles. The van der Waals surface area contributed by atoms with Crippen LogP contribution in [0.4, 0.5) is 5.13 Å². The summed E-state index contributed by atoms with van der Waals surface area (Å²) in [5.74, 6) is 1.26. The molecule has 1 amide bonds. The molecule has 4 rings (SSSR count). The predicted molar refractivity (Wildman–Crippen MR) is 107 cm³/mol. The summed E-state index contributed by atoms with van der Waals surface area (Å²) in [5, 5.41) is 16.5. The van der Waals surface area contributed by atoms with Crippen LogP contribution in [0, 0.1) is 0 Å². The van der Waals surface area contributed by atoms with Crippen molar-refractivity contribution < 1.29 is 14.3 Å². The number of hydrogen-bond acceptors (Lipinski definition) is 7. The fraction of sp³-hybridized carbons (Fsp3) is 0.111. The molecule has 2 heterocycles. The van der Waals surface area contributed by atoms with Crippen molar-refractivity contribution in [3.63, 3.8) is 0 Å². The van der Waals surface area contributed by atoms with E-state index < -0.39 is 0 Å². The highest BCUT2D eigenvalue weighted by molar-refractivity contribution is 7.20. The molecule has 0 aliphatic carbocycles. The lowest BCUT2D eigenvalue weighted by molar-refractivity contribution is 0.102. The summed E-state index contributed by atoms with van der Waals surface area (Å²) in [4.78, 5) is 13.1. The SMILES string of the molecule is COc1ccc(C(=O)Nc2nn3c(-c4ccc(Cl)cc4)nnc3s2)cc1OC. The number of aromatic nitrogens is 4. The first-order valence-electron chi connectivity index (χ1n) is 8.10. The van der Waals surface area contributed by atoms with Crippen LogP contribution >= 0.6 is 22.9 Å². The van der Waals surface area contributed by atoms with Crippen LogP contribution in [0.2, 0.25) is 5.02 Å². The number of halogens is 1. The van der Waals surface area contributed by atoms with Crippen LogP contribution in [0.1, 0.15) is 10.4 Å². The first kappa shape index (κ1) is 18.2. The number of rotatable bonds is 5. The highest BCUT2D eigenvalue weighted by Gasteiger charge is 2.16. The van der Waals surface area contributed by atoms with Gasteiger partial charge in [-0.15, -0.1) is 15.3 Å². The Balaban J connectivity index is 1.60. The molecule has 142 valence electrons. The van der Waals surface area contributed by atoms with E-state index in [0.717, 1.165) is 5.56 Å². The molecule has 0 radical (unpaired) electrons. The standard InChI is InChI=1S/C18H14ClN5O3S/c1-26-13-8-5-11(9-14(13)27-2)16(25)20-17-23-24-15(21-22-18(24)28-17)10-3-6-12(19)7-4-10/h3-9H,1-2H3,(H,20,23,25). The number of carbonyl (C=O) groups excluding carboxylic acids is 1. The minimum atomic E-state index is -0.320. The van der Waals surface area contributed by atoms with Crippen molar-refractivity contribution in [2.75, 3.05) is 19.5 Å². The molecule has 2 aromatic heterocycles. The zero-order valence-electron chi connectivity index (χ0n) is 14.8. The largest absolute Gasteiger partial charge is 0.493 e. The number of hydrogen-bond donors (Lipinski definition) is 1. The number of carbonyl (C=O) groups is 1. The average molecular weight is 416 g/mol. The van der Waals surface area contributed by atoms with E-state index in [-0.39, 0.29) is 5.91 Å². The molecule has 0 fully saturated rings. The number of nitrogens with zero attached hydrogens (tertiary/aromatic N) is 4. The van der Waals surface area contributed by atoms with Gasteiger partial charge in [-0.2, -0.15) is 4.52 Å². The molecule has 0 saturated heterocycles. The number of nitrogens with one attached hydrogen (secondary N) is 1. The monoisotopic (exact) mass is 415 g/mol. The Morgan fingerprint density at radius 1 is 1.07 bits per heavy atom. The summed E-state index contributed by atoms with van der Waals surface area (Å²) in [6.45, 7) is 0. The van der Waals surface area contributed by atoms with Gasteiger partial charge in [-0.05, 0) is 42.5 Å². The van der Waals surface area contributed by atoms with Crippen LogP contribution in [0.5, 0.6) is 11.5 Å². The normalized spacial score (nSPS) is 10.8. The van der Waals surface area contributed by atoms with Crippen LogP contribution in [-0.4, -0.2) is 39.9 Å². The highest BCUT2D eigenvalue weighted by atomic mass is 35.5. The van der Waals surface area contributed by atoms with Crippen LogP contribution in [0.25, 0.3) is 16.3 Å². The van der Waals surface area contributed by atoms with Gasteiger partial charge in [0.1, 0.15) is 0 Å². The second-order valence-electron chi connectivity index (χ2n) is 5.66. The maximum Gasteiger partial charge on any atom is 0.257 e. The lowest BCUT2D eigenvalue weighted by Crippen LogP contribution is -2.12. The summed E-state index contributed by atoms with van der Waals surface area (Å²) in [5.41, 5.74) is 1.24. The Bertz CT molecular complexity index is 1160. The smallest absolute Gasteiger partial charge is 0.257 e. The van der Waals surface area contributed by atoms with Crippen molar-refractivity contribution in [2.45, 2.75) is 0 Å². The molecule has 8 nitrogen and oxygen atoms in total. The van der Waals surface area contributed by atoms with Crippen molar-refractivity contribution in [1.82, 2.24) is 19.8 Å². The molecule has 0 unspecified atom stereocenters. The van der Waals surface area contributed by atoms with Crippen molar-refractivity contribution in [2.24, 2.45) is 0 Å². The van der Waals surface area contributed by atoms with Gasteiger partial charge in [-0.3, -0.25) is 10.1 Å². The number of amides is 1. The molecule has 0 bridgehead atoms. The maximum atomic E-state index is 12.6. The zero-order chi connectivity index (χ0) is 19.7. The molecule has 4 aromatic rings. The molecule has 0 aliphatic heterocycles. The van der Waals surface area contributed by atoms with Crippen LogP contribution in [-0.2, 0) is 0 Å². The van der Waals surface area contributed by atoms with Crippen LogP contribution < -0.4 is 14.8 Å². The number of methoxy groups -OCH3 is 2. The van der Waals surface area contributed by atoms with E-state index in [1.165, 1.54) is 25.6 Å². The van der Waals surface area contributed by atoms with Gasteiger partial charge < -0.3 is 9.47 Å². The Labute approximate surface area is 168 Å². The van der Waals surface area contributed by atoms with Crippen LogP contribution in [0.15, 0.2) is 42.5 Å². The van der Waals surface area contributed by atoms with Gasteiger partial charge in [0.25, 0.3) is 5.91 Å². The molecule has 0 aliphatic rings. The Morgan fingerprint density at radius 3 is 2.54 bits per heavy atom. The van der Waals surface area contributed by atoms with Gasteiger partial charge in [0.15, 0.2) is 17.3 Å². The summed E-state index contributed by atoms with van der Waals surface area (Å²) < 4.78 is 12.0. The Kier molecular flexibility index (Phi) is 4.84. The third-order valence-corrected chi connectivity index (χ3v) is 5.03. The van der Waals surface area contributed by atoms with Gasteiger partial charge in [0.2, 0.25) is 10.1 Å². The van der Waals surface area contributed by atoms with E-state index in [0.29, 0.717) is 38.0 Å². The van der Waals surface area contributed by atoms with Crippen molar-refractivity contribution in [3.8, 4) is 22.9 Å². The first-order chi connectivity index (χ1) is 13.6. The molecule has 0 spiro atoms. The van der Waals surface area contributed by atoms with Gasteiger partial charge in [0.05, 0.1) is 14.2 Å². The van der Waals surface area contributed by atoms with E-state index in [4.69, 9.17) is 21.1 Å². The summed E-state index contributed by atoms with van der Waals surface area (Å²) >= 11 is 7.15. The van der Waals surface area contributed by atoms with Gasteiger partial charge in [-0.1, -0.05) is 22.9 Å². The molecule has 0 atom stereocenters. The lowest BCUT2D eigenvalue weighted by atomic mass is 10.2. The fourth-order valence-electron chi connectivity index (χ4n) is 2.59. The topological polar surface area (TPSA) is 90.6 Å². The minimum absolute atomic E-state index is 0.320. The maximum absolute atomic E-state index is 12.6. The second-order valence-corrected chi connectivity index (χ2v) is 7.05. The third-order valence-electron chi connectivity index (χ3n) is 3.96. The molecule has 0 saturated carbocycles. The van der Waals surface area contributed by atoms with E-state index in [2.05, 4.69) is 20.6 Å². The number of anilines is 1. The van der Waals surface area contributed by atoms with E-state index in [1.54, 1.807) is 34.8 Å². The molecule has 28 heavy (non-hydrogen) atoms.